The van der Waals surface area contributed by atoms with E-state index >= 15 is 0 Å². The molecule has 0 bridgehead atoms. The van der Waals surface area contributed by atoms with Crippen LogP contribution >= 0.6 is 0 Å². The lowest BCUT2D eigenvalue weighted by atomic mass is 10.2. The van der Waals surface area contributed by atoms with Crippen LogP contribution in [0, 0.1) is 11.6 Å². The van der Waals surface area contributed by atoms with E-state index in [9.17, 15) is 13.6 Å². The molecule has 0 spiro atoms. The lowest BCUT2D eigenvalue weighted by Gasteiger charge is -2.09. The number of amides is 1. The van der Waals surface area contributed by atoms with E-state index in [1.165, 1.54) is 13.2 Å². The number of nitrogens with zero attached hydrogens (tertiary/aromatic N) is 1. The second-order valence-corrected chi connectivity index (χ2v) is 6.70. The number of rotatable bonds is 8. The minimum Gasteiger partial charge on any atom is -0.493 e. The summed E-state index contributed by atoms with van der Waals surface area (Å²) in [7, 11) is 1.53. The predicted octanol–water partition coefficient (Wildman–Crippen LogP) is 3.98. The Kier molecular flexibility index (Phi) is 6.86. The summed E-state index contributed by atoms with van der Waals surface area (Å²) >= 11 is 0. The molecular weight excluding hydrogens is 408 g/mol. The van der Waals surface area contributed by atoms with Crippen molar-refractivity contribution in [3.05, 3.63) is 65.1 Å². The minimum atomic E-state index is -0.754. The monoisotopic (exact) mass is 431 g/mol. The number of carbonyl (C=O) groups is 1. The minimum absolute atomic E-state index is 0.0597. The van der Waals surface area contributed by atoms with Gasteiger partial charge in [0, 0.05) is 17.7 Å². The molecule has 0 aliphatic heterocycles. The van der Waals surface area contributed by atoms with E-state index in [-0.39, 0.29) is 29.5 Å². The number of carbonyl (C=O) groups excluding carboxylic acids is 1. The first kappa shape index (κ1) is 22.2. The second-order valence-electron chi connectivity index (χ2n) is 6.70. The molecule has 0 fully saturated rings. The summed E-state index contributed by atoms with van der Waals surface area (Å²) in [6.45, 7) is 3.55. The number of oxazole rings is 1. The lowest BCUT2D eigenvalue weighted by molar-refractivity contribution is 0.0943. The summed E-state index contributed by atoms with van der Waals surface area (Å²) < 4.78 is 44.2. The number of halogens is 2. The Hall–Kier alpha value is -3.46. The van der Waals surface area contributed by atoms with Crippen molar-refractivity contribution in [3.8, 4) is 23.0 Å². The molecule has 3 N–H and O–H groups in total. The summed E-state index contributed by atoms with van der Waals surface area (Å²) in [5.74, 6) is -0.846. The van der Waals surface area contributed by atoms with Crippen molar-refractivity contribution in [2.75, 3.05) is 13.7 Å². The number of benzene rings is 2. The maximum absolute atomic E-state index is 13.8. The van der Waals surface area contributed by atoms with Gasteiger partial charge in [0.2, 0.25) is 5.89 Å². The fraction of sp³-hybridized carbons (Fsp3) is 0.273. The van der Waals surface area contributed by atoms with Crippen molar-refractivity contribution in [1.82, 2.24) is 10.3 Å². The highest BCUT2D eigenvalue weighted by molar-refractivity contribution is 5.94. The first-order valence-electron chi connectivity index (χ1n) is 9.64. The summed E-state index contributed by atoms with van der Waals surface area (Å²) in [4.78, 5) is 17.0. The molecule has 0 saturated heterocycles. The molecule has 0 aliphatic rings. The summed E-state index contributed by atoms with van der Waals surface area (Å²) in [5.41, 5.74) is 6.18. The van der Waals surface area contributed by atoms with Crippen molar-refractivity contribution in [2.24, 2.45) is 5.73 Å². The van der Waals surface area contributed by atoms with Gasteiger partial charge in [-0.05, 0) is 44.2 Å². The summed E-state index contributed by atoms with van der Waals surface area (Å²) in [6, 6.07) is 7.91. The fourth-order valence-corrected chi connectivity index (χ4v) is 2.96. The largest absolute Gasteiger partial charge is 0.493 e. The number of ether oxygens (including phenoxy) is 2. The summed E-state index contributed by atoms with van der Waals surface area (Å²) in [6.07, 6.45) is 0. The van der Waals surface area contributed by atoms with Crippen molar-refractivity contribution in [1.29, 1.82) is 0 Å². The molecule has 3 rings (SSSR count). The van der Waals surface area contributed by atoms with Crippen molar-refractivity contribution in [3.63, 3.8) is 0 Å². The molecule has 0 aliphatic carbocycles. The van der Waals surface area contributed by atoms with Gasteiger partial charge < -0.3 is 24.9 Å². The SMILES string of the molecule is CCOc1cc(-c2nc(C(=O)NCc3c(F)cccc3F)c([C@H](C)N)o2)ccc1OC. The van der Waals surface area contributed by atoms with E-state index in [0.29, 0.717) is 23.7 Å². The van der Waals surface area contributed by atoms with Gasteiger partial charge in [-0.1, -0.05) is 6.07 Å². The normalized spacial score (nSPS) is 11.8. The van der Waals surface area contributed by atoms with Gasteiger partial charge in [-0.2, -0.15) is 0 Å². The van der Waals surface area contributed by atoms with Crippen LogP contribution in [0.1, 0.15) is 41.7 Å². The van der Waals surface area contributed by atoms with Crippen LogP contribution in [0.4, 0.5) is 8.78 Å². The Bertz CT molecular complexity index is 1060. The van der Waals surface area contributed by atoms with Crippen molar-refractivity contribution < 1.29 is 27.5 Å². The highest BCUT2D eigenvalue weighted by atomic mass is 19.1. The zero-order chi connectivity index (χ0) is 22.5. The third-order valence-corrected chi connectivity index (χ3v) is 4.48. The Balaban J connectivity index is 1.90. The molecule has 7 nitrogen and oxygen atoms in total. The Morgan fingerprint density at radius 3 is 2.55 bits per heavy atom. The molecule has 0 saturated carbocycles. The van der Waals surface area contributed by atoms with Crippen LogP contribution in [0.25, 0.3) is 11.5 Å². The van der Waals surface area contributed by atoms with E-state index in [1.807, 2.05) is 6.92 Å². The van der Waals surface area contributed by atoms with Crippen LogP contribution in [-0.2, 0) is 6.54 Å². The van der Waals surface area contributed by atoms with Gasteiger partial charge in [0.1, 0.15) is 11.6 Å². The van der Waals surface area contributed by atoms with Gasteiger partial charge in [-0.3, -0.25) is 4.79 Å². The molecule has 164 valence electrons. The molecule has 3 aromatic rings. The number of methoxy groups -OCH3 is 1. The van der Waals surface area contributed by atoms with Crippen LogP contribution in [0.2, 0.25) is 0 Å². The van der Waals surface area contributed by atoms with E-state index in [0.717, 1.165) is 12.1 Å². The van der Waals surface area contributed by atoms with Crippen molar-refractivity contribution in [2.45, 2.75) is 26.4 Å². The standard InChI is InChI=1S/C22H23F2N3O4/c1-4-30-18-10-13(8-9-17(18)29-3)22-27-19(20(31-22)12(2)25)21(28)26-11-14-15(23)6-5-7-16(14)24/h5-10,12H,4,11,25H2,1-3H3,(H,26,28)/t12-/m0/s1. The van der Waals surface area contributed by atoms with Crippen LogP contribution in [0.3, 0.4) is 0 Å². The maximum Gasteiger partial charge on any atom is 0.273 e. The van der Waals surface area contributed by atoms with E-state index in [1.54, 1.807) is 25.1 Å². The van der Waals surface area contributed by atoms with Crippen LogP contribution < -0.4 is 20.5 Å². The number of hydrogen-bond acceptors (Lipinski definition) is 6. The van der Waals surface area contributed by atoms with Gasteiger partial charge in [0.05, 0.1) is 19.8 Å². The van der Waals surface area contributed by atoms with E-state index in [2.05, 4.69) is 10.3 Å². The topological polar surface area (TPSA) is 99.6 Å². The Labute approximate surface area is 178 Å². The second kappa shape index (κ2) is 9.57. The van der Waals surface area contributed by atoms with Gasteiger partial charge >= 0.3 is 0 Å². The van der Waals surface area contributed by atoms with Crippen LogP contribution in [-0.4, -0.2) is 24.6 Å². The number of nitrogens with one attached hydrogen (secondary N) is 1. The van der Waals surface area contributed by atoms with Gasteiger partial charge in [-0.15, -0.1) is 0 Å². The fourth-order valence-electron chi connectivity index (χ4n) is 2.96. The average Bonchev–Trinajstić information content (AvgIpc) is 3.19. The zero-order valence-corrected chi connectivity index (χ0v) is 17.4. The highest BCUT2D eigenvalue weighted by Gasteiger charge is 2.24. The first-order chi connectivity index (χ1) is 14.8. The van der Waals surface area contributed by atoms with Crippen LogP contribution in [0.15, 0.2) is 40.8 Å². The molecule has 9 heteroatoms. The highest BCUT2D eigenvalue weighted by Crippen LogP contribution is 2.33. The lowest BCUT2D eigenvalue weighted by Crippen LogP contribution is -2.26. The van der Waals surface area contributed by atoms with Crippen LogP contribution in [0.5, 0.6) is 11.5 Å². The van der Waals surface area contributed by atoms with E-state index in [4.69, 9.17) is 19.6 Å². The van der Waals surface area contributed by atoms with Crippen molar-refractivity contribution >= 4 is 5.91 Å². The molecule has 1 atom stereocenters. The molecule has 1 aromatic heterocycles. The smallest absolute Gasteiger partial charge is 0.273 e. The van der Waals surface area contributed by atoms with Gasteiger partial charge in [0.25, 0.3) is 5.91 Å². The first-order valence-corrected chi connectivity index (χ1v) is 9.64. The molecular formula is C22H23F2N3O4. The third-order valence-electron chi connectivity index (χ3n) is 4.48. The van der Waals surface area contributed by atoms with Gasteiger partial charge in [0.15, 0.2) is 23.0 Å². The number of aromatic nitrogens is 1. The maximum atomic E-state index is 13.8. The molecule has 2 aromatic carbocycles. The number of nitrogens with two attached hydrogens (primary N) is 1. The van der Waals surface area contributed by atoms with Gasteiger partial charge in [-0.25, -0.2) is 13.8 Å². The molecule has 31 heavy (non-hydrogen) atoms. The molecule has 1 heterocycles. The Morgan fingerprint density at radius 2 is 1.94 bits per heavy atom. The Morgan fingerprint density at radius 1 is 1.23 bits per heavy atom. The molecule has 0 unspecified atom stereocenters. The average molecular weight is 431 g/mol. The zero-order valence-electron chi connectivity index (χ0n) is 17.4. The van der Waals surface area contributed by atoms with E-state index < -0.39 is 23.6 Å². The predicted molar refractivity (Wildman–Crippen MR) is 110 cm³/mol. The number of hydrogen-bond donors (Lipinski definition) is 2. The summed E-state index contributed by atoms with van der Waals surface area (Å²) in [5, 5.41) is 2.47. The quantitative estimate of drug-likeness (QED) is 0.560. The molecule has 1 amide bonds. The molecule has 0 radical (unpaired) electrons. The third kappa shape index (κ3) is 4.83.